The van der Waals surface area contributed by atoms with Crippen molar-refractivity contribution in [2.24, 2.45) is 0 Å². The molecular weight excluding hydrogens is 226 g/mol. The number of rotatable bonds is 2. The van der Waals surface area contributed by atoms with E-state index in [0.29, 0.717) is 5.25 Å². The summed E-state index contributed by atoms with van der Waals surface area (Å²) in [6.07, 6.45) is 1.65. The molecule has 1 heterocycles. The number of amides is 1. The van der Waals surface area contributed by atoms with Crippen LogP contribution in [0.3, 0.4) is 0 Å². The molecule has 0 unspecified atom stereocenters. The first kappa shape index (κ1) is 13.6. The summed E-state index contributed by atoms with van der Waals surface area (Å²) in [5.74, 6) is 0.164. The third-order valence-electron chi connectivity index (χ3n) is 2.40. The van der Waals surface area contributed by atoms with Gasteiger partial charge in [-0.2, -0.15) is 0 Å². The molecule has 4 nitrogen and oxygen atoms in total. The van der Waals surface area contributed by atoms with E-state index in [1.165, 1.54) is 0 Å². The van der Waals surface area contributed by atoms with E-state index in [0.717, 1.165) is 25.9 Å². The molecule has 0 aliphatic carbocycles. The van der Waals surface area contributed by atoms with Crippen molar-refractivity contribution >= 4 is 17.9 Å². The molecule has 0 atom stereocenters. The summed E-state index contributed by atoms with van der Waals surface area (Å²) in [6.45, 7) is 7.08. The lowest BCUT2D eigenvalue weighted by Crippen LogP contribution is -2.42. The van der Waals surface area contributed by atoms with Crippen LogP contribution in [0.1, 0.15) is 33.6 Å². The number of nitrogens with zero attached hydrogens (tertiary/aromatic N) is 1. The zero-order valence-electron chi connectivity index (χ0n) is 10.2. The normalized spacial score (nSPS) is 18.6. The molecule has 94 valence electrons. The Bertz CT molecular complexity index is 232. The van der Waals surface area contributed by atoms with Crippen LogP contribution in [-0.2, 0) is 4.74 Å². The van der Waals surface area contributed by atoms with Crippen molar-refractivity contribution in [2.45, 2.75) is 44.5 Å². The van der Waals surface area contributed by atoms with Gasteiger partial charge in [0.05, 0.1) is 5.94 Å². The number of hydrogen-bond donors (Lipinski definition) is 1. The van der Waals surface area contributed by atoms with E-state index in [4.69, 9.17) is 9.84 Å². The zero-order valence-corrected chi connectivity index (χ0v) is 11.0. The van der Waals surface area contributed by atoms with Gasteiger partial charge in [0.2, 0.25) is 0 Å². The summed E-state index contributed by atoms with van der Waals surface area (Å²) in [5.41, 5.74) is -0.423. The van der Waals surface area contributed by atoms with E-state index < -0.39 is 5.60 Å². The molecule has 5 heteroatoms. The van der Waals surface area contributed by atoms with Gasteiger partial charge in [0.15, 0.2) is 0 Å². The Hall–Kier alpha value is -0.420. The number of thioether (sulfide) groups is 1. The van der Waals surface area contributed by atoms with Gasteiger partial charge in [0, 0.05) is 18.3 Å². The minimum absolute atomic E-state index is 0.164. The van der Waals surface area contributed by atoms with Gasteiger partial charge in [-0.15, -0.1) is 11.8 Å². The molecule has 0 aromatic heterocycles. The van der Waals surface area contributed by atoms with Crippen LogP contribution < -0.4 is 0 Å². The highest BCUT2D eigenvalue weighted by Crippen LogP contribution is 2.23. The third-order valence-corrected chi connectivity index (χ3v) is 3.50. The van der Waals surface area contributed by atoms with E-state index in [2.05, 4.69) is 0 Å². The maximum absolute atomic E-state index is 11.7. The van der Waals surface area contributed by atoms with Crippen LogP contribution in [0.4, 0.5) is 4.79 Å². The predicted octanol–water partition coefficient (Wildman–Crippen LogP) is 2.07. The molecule has 0 radical (unpaired) electrons. The highest BCUT2D eigenvalue weighted by atomic mass is 32.2. The van der Waals surface area contributed by atoms with Crippen LogP contribution in [-0.4, -0.2) is 46.0 Å². The first-order valence-electron chi connectivity index (χ1n) is 5.63. The van der Waals surface area contributed by atoms with Crippen LogP contribution in [0, 0.1) is 0 Å². The molecule has 0 aromatic rings. The lowest BCUT2D eigenvalue weighted by molar-refractivity contribution is 0.0219. The first-order valence-corrected chi connectivity index (χ1v) is 6.67. The van der Waals surface area contributed by atoms with Gasteiger partial charge in [-0.05, 0) is 33.6 Å². The lowest BCUT2D eigenvalue weighted by Gasteiger charge is -2.32. The van der Waals surface area contributed by atoms with Crippen molar-refractivity contribution in [1.29, 1.82) is 0 Å². The van der Waals surface area contributed by atoms with E-state index in [9.17, 15) is 4.79 Å². The molecule has 0 bridgehead atoms. The molecule has 1 fully saturated rings. The van der Waals surface area contributed by atoms with Crippen molar-refractivity contribution in [3.05, 3.63) is 0 Å². The van der Waals surface area contributed by atoms with Crippen LogP contribution in [0.5, 0.6) is 0 Å². The number of aliphatic hydroxyl groups is 1. The highest BCUT2D eigenvalue weighted by Gasteiger charge is 2.26. The number of carbonyl (C=O) groups is 1. The Balaban J connectivity index is 2.33. The summed E-state index contributed by atoms with van der Waals surface area (Å²) in [7, 11) is 0. The summed E-state index contributed by atoms with van der Waals surface area (Å²) < 4.78 is 5.30. The second-order valence-corrected chi connectivity index (χ2v) is 6.22. The molecule has 1 amide bonds. The molecule has 1 saturated heterocycles. The summed E-state index contributed by atoms with van der Waals surface area (Å²) in [6, 6.07) is 0. The fourth-order valence-electron chi connectivity index (χ4n) is 1.64. The number of piperidine rings is 1. The minimum atomic E-state index is -0.423. The van der Waals surface area contributed by atoms with Crippen LogP contribution in [0.25, 0.3) is 0 Å². The van der Waals surface area contributed by atoms with Gasteiger partial charge >= 0.3 is 6.09 Å². The molecule has 1 rings (SSSR count). The fourth-order valence-corrected chi connectivity index (χ4v) is 2.39. The minimum Gasteiger partial charge on any atom is -0.444 e. The van der Waals surface area contributed by atoms with Crippen molar-refractivity contribution in [2.75, 3.05) is 19.0 Å². The summed E-state index contributed by atoms with van der Waals surface area (Å²) in [4.78, 5) is 13.5. The smallest absolute Gasteiger partial charge is 0.410 e. The standard InChI is InChI=1S/C11H21NO3S/c1-11(2,3)15-10(14)12-6-4-9(5-7-12)16-8-13/h9,13H,4-8H2,1-3H3. The molecule has 1 N–H and O–H groups in total. The Morgan fingerprint density at radius 3 is 2.44 bits per heavy atom. The topological polar surface area (TPSA) is 49.8 Å². The SMILES string of the molecule is CC(C)(C)OC(=O)N1CCC(SCO)CC1. The van der Waals surface area contributed by atoms with Gasteiger partial charge < -0.3 is 14.7 Å². The molecule has 0 spiro atoms. The van der Waals surface area contributed by atoms with Crippen molar-refractivity contribution in [1.82, 2.24) is 4.90 Å². The maximum Gasteiger partial charge on any atom is 0.410 e. The van der Waals surface area contributed by atoms with E-state index in [1.807, 2.05) is 20.8 Å². The van der Waals surface area contributed by atoms with Crippen LogP contribution >= 0.6 is 11.8 Å². The van der Waals surface area contributed by atoms with Crippen LogP contribution in [0.2, 0.25) is 0 Å². The van der Waals surface area contributed by atoms with Crippen molar-refractivity contribution in [3.8, 4) is 0 Å². The Morgan fingerprint density at radius 1 is 1.44 bits per heavy atom. The molecule has 1 aliphatic heterocycles. The van der Waals surface area contributed by atoms with Crippen molar-refractivity contribution in [3.63, 3.8) is 0 Å². The van der Waals surface area contributed by atoms with Gasteiger partial charge in [0.25, 0.3) is 0 Å². The summed E-state index contributed by atoms with van der Waals surface area (Å²) >= 11 is 1.56. The average Bonchev–Trinajstić information content (AvgIpc) is 2.16. The molecule has 0 saturated carbocycles. The Labute approximate surface area is 101 Å². The monoisotopic (exact) mass is 247 g/mol. The largest absolute Gasteiger partial charge is 0.444 e. The summed E-state index contributed by atoms with van der Waals surface area (Å²) in [5, 5.41) is 9.28. The third kappa shape index (κ3) is 4.61. The number of aliphatic hydroxyl groups excluding tert-OH is 1. The second kappa shape index (κ2) is 5.77. The molecule has 0 aromatic carbocycles. The Morgan fingerprint density at radius 2 is 2.00 bits per heavy atom. The highest BCUT2D eigenvalue weighted by molar-refractivity contribution is 7.99. The van der Waals surface area contributed by atoms with E-state index >= 15 is 0 Å². The second-order valence-electron chi connectivity index (χ2n) is 4.96. The zero-order chi connectivity index (χ0) is 12.2. The quantitative estimate of drug-likeness (QED) is 0.759. The average molecular weight is 247 g/mol. The Kier molecular flexibility index (Phi) is 4.92. The van der Waals surface area contributed by atoms with E-state index in [-0.39, 0.29) is 12.0 Å². The maximum atomic E-state index is 11.7. The van der Waals surface area contributed by atoms with Gasteiger partial charge in [-0.3, -0.25) is 0 Å². The fraction of sp³-hybridized carbons (Fsp3) is 0.909. The van der Waals surface area contributed by atoms with Crippen molar-refractivity contribution < 1.29 is 14.6 Å². The van der Waals surface area contributed by atoms with Gasteiger partial charge in [-0.25, -0.2) is 4.79 Å². The number of carbonyl (C=O) groups excluding carboxylic acids is 1. The first-order chi connectivity index (χ1) is 7.42. The molecule has 1 aliphatic rings. The number of ether oxygens (including phenoxy) is 1. The van der Waals surface area contributed by atoms with E-state index in [1.54, 1.807) is 16.7 Å². The number of likely N-dealkylation sites (tertiary alicyclic amines) is 1. The number of hydrogen-bond acceptors (Lipinski definition) is 4. The predicted molar refractivity (Wildman–Crippen MR) is 65.5 cm³/mol. The van der Waals surface area contributed by atoms with Gasteiger partial charge in [0.1, 0.15) is 5.60 Å². The molecule has 16 heavy (non-hydrogen) atoms. The molecular formula is C11H21NO3S. The lowest BCUT2D eigenvalue weighted by atomic mass is 10.1. The van der Waals surface area contributed by atoms with Crippen LogP contribution in [0.15, 0.2) is 0 Å². The van der Waals surface area contributed by atoms with Gasteiger partial charge in [-0.1, -0.05) is 0 Å².